The van der Waals surface area contributed by atoms with E-state index in [1.807, 2.05) is 18.2 Å². The second kappa shape index (κ2) is 9.27. The van der Waals surface area contributed by atoms with Gasteiger partial charge in [-0.25, -0.2) is 0 Å². The fourth-order valence-corrected chi connectivity index (χ4v) is 4.76. The summed E-state index contributed by atoms with van der Waals surface area (Å²) in [7, 11) is 0. The number of β-amino-alcohol motifs (C(OH)–C–C–N with tert-alkyl or cyclic N) is 1. The molecule has 0 saturated carbocycles. The van der Waals surface area contributed by atoms with Crippen molar-refractivity contribution in [2.75, 3.05) is 26.2 Å². The third-order valence-electron chi connectivity index (χ3n) is 6.29. The first kappa shape index (κ1) is 21.0. The topological polar surface area (TPSA) is 76.0 Å². The van der Waals surface area contributed by atoms with Crippen molar-refractivity contribution in [1.82, 2.24) is 15.1 Å². The number of nitrogens with one attached hydrogen (secondary N) is 1. The first-order valence-electron chi connectivity index (χ1n) is 10.8. The number of likely N-dealkylation sites (tertiary alicyclic amines) is 2. The van der Waals surface area contributed by atoms with Gasteiger partial charge in [-0.1, -0.05) is 54.6 Å². The minimum Gasteiger partial charge on any atom is -0.389 e. The molecule has 0 aliphatic carbocycles. The van der Waals surface area contributed by atoms with Gasteiger partial charge in [0.15, 0.2) is 0 Å². The van der Waals surface area contributed by atoms with Gasteiger partial charge in [-0.15, -0.1) is 0 Å². The number of nitrogens with zero attached hydrogens (tertiary/aromatic N) is 2. The second-order valence-corrected chi connectivity index (χ2v) is 8.36. The van der Waals surface area contributed by atoms with E-state index in [4.69, 9.17) is 0 Å². The molecule has 2 heterocycles. The average Bonchev–Trinajstić information content (AvgIpc) is 3.37. The highest BCUT2D eigenvalue weighted by Crippen LogP contribution is 2.35. The molecule has 0 bridgehead atoms. The largest absolute Gasteiger partial charge is 0.389 e. The Morgan fingerprint density at radius 3 is 2.30 bits per heavy atom. The van der Waals surface area contributed by atoms with Crippen LogP contribution in [0, 0.1) is 0 Å². The molecule has 2 aliphatic heterocycles. The van der Waals surface area contributed by atoms with Crippen molar-refractivity contribution in [3.05, 3.63) is 60.2 Å². The van der Waals surface area contributed by atoms with Crippen LogP contribution in [0.5, 0.6) is 0 Å². The summed E-state index contributed by atoms with van der Waals surface area (Å²) in [4.78, 5) is 16.1. The van der Waals surface area contributed by atoms with Crippen LogP contribution in [0.2, 0.25) is 0 Å². The average molecular weight is 410 g/mol. The number of aliphatic hydroxyl groups is 2. The smallest absolute Gasteiger partial charge is 0.216 e. The Hall–Kier alpha value is -2.25. The Balaban J connectivity index is 1.63. The number of hydrogen-bond donors (Lipinski definition) is 3. The zero-order valence-electron chi connectivity index (χ0n) is 17.4. The molecular formula is C24H31N3O3. The minimum atomic E-state index is -0.884. The molecule has 0 radical (unpaired) electrons. The standard InChI is InChI=1S/C24H31N3O3/c1-17(28)25-15-21-23(30)22(29)16-27(21)24(26-13-5-6-14-26)20-11-9-19(10-12-20)18-7-3-2-4-8-18/h2-4,7-12,21-24,29-30H,5-6,13-16H2,1H3,(H,25,28)/t21-,22+,23-,24?/m1/s1. The second-order valence-electron chi connectivity index (χ2n) is 8.36. The number of hydrogen-bond acceptors (Lipinski definition) is 5. The molecule has 0 aromatic heterocycles. The van der Waals surface area contributed by atoms with Crippen LogP contribution in [0.1, 0.15) is 31.5 Å². The van der Waals surface area contributed by atoms with Crippen LogP contribution in [0.3, 0.4) is 0 Å². The Bertz CT molecular complexity index is 837. The summed E-state index contributed by atoms with van der Waals surface area (Å²) < 4.78 is 0. The van der Waals surface area contributed by atoms with Gasteiger partial charge in [-0.3, -0.25) is 14.6 Å². The normalized spacial score (nSPS) is 26.0. The van der Waals surface area contributed by atoms with E-state index in [0.29, 0.717) is 13.1 Å². The lowest BCUT2D eigenvalue weighted by Gasteiger charge is -2.39. The van der Waals surface area contributed by atoms with Crippen LogP contribution in [0.25, 0.3) is 11.1 Å². The molecule has 2 fully saturated rings. The molecule has 6 heteroatoms. The van der Waals surface area contributed by atoms with Crippen molar-refractivity contribution >= 4 is 5.91 Å². The van der Waals surface area contributed by atoms with Gasteiger partial charge in [0.2, 0.25) is 5.91 Å². The number of benzene rings is 2. The lowest BCUT2D eigenvalue weighted by molar-refractivity contribution is -0.119. The van der Waals surface area contributed by atoms with E-state index in [2.05, 4.69) is 51.5 Å². The van der Waals surface area contributed by atoms with Crippen molar-refractivity contribution in [2.45, 2.75) is 44.2 Å². The van der Waals surface area contributed by atoms with Crippen LogP contribution < -0.4 is 5.32 Å². The summed E-state index contributed by atoms with van der Waals surface area (Å²) in [6, 6.07) is 18.5. The first-order valence-corrected chi connectivity index (χ1v) is 10.8. The fourth-order valence-electron chi connectivity index (χ4n) is 4.76. The number of carbonyl (C=O) groups is 1. The van der Waals surface area contributed by atoms with E-state index in [-0.39, 0.29) is 18.1 Å². The Kier molecular flexibility index (Phi) is 6.49. The van der Waals surface area contributed by atoms with Gasteiger partial charge in [0.05, 0.1) is 24.4 Å². The number of carbonyl (C=O) groups excluding carboxylic acids is 1. The molecule has 2 saturated heterocycles. The molecule has 3 N–H and O–H groups in total. The molecule has 1 amide bonds. The lowest BCUT2D eigenvalue weighted by atomic mass is 10.0. The van der Waals surface area contributed by atoms with Gasteiger partial charge in [0.25, 0.3) is 0 Å². The van der Waals surface area contributed by atoms with Gasteiger partial charge in [0.1, 0.15) is 0 Å². The number of rotatable bonds is 6. The van der Waals surface area contributed by atoms with E-state index < -0.39 is 12.2 Å². The van der Waals surface area contributed by atoms with Gasteiger partial charge >= 0.3 is 0 Å². The zero-order valence-corrected chi connectivity index (χ0v) is 17.4. The molecule has 6 nitrogen and oxygen atoms in total. The monoisotopic (exact) mass is 409 g/mol. The predicted molar refractivity (Wildman–Crippen MR) is 117 cm³/mol. The lowest BCUT2D eigenvalue weighted by Crippen LogP contribution is -2.49. The van der Waals surface area contributed by atoms with E-state index in [1.165, 1.54) is 12.5 Å². The van der Waals surface area contributed by atoms with Crippen LogP contribution in [0.4, 0.5) is 0 Å². The van der Waals surface area contributed by atoms with Crippen molar-refractivity contribution in [2.24, 2.45) is 0 Å². The first-order chi connectivity index (χ1) is 14.5. The Morgan fingerprint density at radius 2 is 1.67 bits per heavy atom. The van der Waals surface area contributed by atoms with Crippen LogP contribution in [-0.2, 0) is 4.79 Å². The maximum atomic E-state index is 11.5. The minimum absolute atomic E-state index is 0.0390. The van der Waals surface area contributed by atoms with Crippen molar-refractivity contribution in [3.8, 4) is 11.1 Å². The SMILES string of the molecule is CC(=O)NC[C@@H]1[C@@H](O)[C@@H](O)CN1C(c1ccc(-c2ccccc2)cc1)N1CCCC1. The molecule has 1 unspecified atom stereocenters. The summed E-state index contributed by atoms with van der Waals surface area (Å²) in [5, 5.41) is 23.8. The van der Waals surface area contributed by atoms with Crippen LogP contribution in [0.15, 0.2) is 54.6 Å². The molecule has 30 heavy (non-hydrogen) atoms. The van der Waals surface area contributed by atoms with Gasteiger partial charge in [-0.2, -0.15) is 0 Å². The molecule has 4 atom stereocenters. The summed E-state index contributed by atoms with van der Waals surface area (Å²) in [6.45, 7) is 4.15. The summed E-state index contributed by atoms with van der Waals surface area (Å²) >= 11 is 0. The predicted octanol–water partition coefficient (Wildman–Crippen LogP) is 1.99. The highest BCUT2D eigenvalue weighted by Gasteiger charge is 2.45. The highest BCUT2D eigenvalue weighted by molar-refractivity contribution is 5.72. The molecule has 2 aliphatic rings. The molecule has 2 aromatic rings. The highest BCUT2D eigenvalue weighted by atomic mass is 16.3. The third-order valence-corrected chi connectivity index (χ3v) is 6.29. The number of amides is 1. The third kappa shape index (κ3) is 4.42. The van der Waals surface area contributed by atoms with Gasteiger partial charge in [-0.05, 0) is 42.6 Å². The van der Waals surface area contributed by atoms with Gasteiger partial charge < -0.3 is 15.5 Å². The van der Waals surface area contributed by atoms with Crippen molar-refractivity contribution < 1.29 is 15.0 Å². The summed E-state index contributed by atoms with van der Waals surface area (Å²) in [5.74, 6) is -0.131. The summed E-state index contributed by atoms with van der Waals surface area (Å²) in [6.07, 6.45) is 0.549. The van der Waals surface area contributed by atoms with E-state index in [9.17, 15) is 15.0 Å². The quantitative estimate of drug-likeness (QED) is 0.680. The van der Waals surface area contributed by atoms with E-state index >= 15 is 0 Å². The maximum absolute atomic E-state index is 11.5. The fraction of sp³-hybridized carbons (Fsp3) is 0.458. The molecule has 2 aromatic carbocycles. The Morgan fingerprint density at radius 1 is 1.03 bits per heavy atom. The van der Waals surface area contributed by atoms with Crippen molar-refractivity contribution in [3.63, 3.8) is 0 Å². The maximum Gasteiger partial charge on any atom is 0.216 e. The van der Waals surface area contributed by atoms with E-state index in [0.717, 1.165) is 37.1 Å². The zero-order chi connectivity index (χ0) is 21.1. The van der Waals surface area contributed by atoms with Crippen LogP contribution in [-0.4, -0.2) is 70.3 Å². The molecular weight excluding hydrogens is 378 g/mol. The molecule has 4 rings (SSSR count). The number of aliphatic hydroxyl groups excluding tert-OH is 2. The molecule has 0 spiro atoms. The van der Waals surface area contributed by atoms with Crippen molar-refractivity contribution in [1.29, 1.82) is 0 Å². The Labute approximate surface area is 178 Å². The van der Waals surface area contributed by atoms with Gasteiger partial charge in [0, 0.05) is 20.0 Å². The van der Waals surface area contributed by atoms with E-state index in [1.54, 1.807) is 0 Å². The van der Waals surface area contributed by atoms with Crippen LogP contribution >= 0.6 is 0 Å². The molecule has 160 valence electrons. The summed E-state index contributed by atoms with van der Waals surface area (Å²) in [5.41, 5.74) is 3.49.